The van der Waals surface area contributed by atoms with Crippen molar-refractivity contribution < 1.29 is 9.32 Å². The van der Waals surface area contributed by atoms with Gasteiger partial charge >= 0.3 is 0 Å². The number of thiophene rings is 1. The number of nitrogens with two attached hydrogens (primary N) is 1. The van der Waals surface area contributed by atoms with Crippen molar-refractivity contribution in [2.24, 2.45) is 0 Å². The van der Waals surface area contributed by atoms with Crippen molar-refractivity contribution in [3.8, 4) is 11.3 Å². The van der Waals surface area contributed by atoms with E-state index in [4.69, 9.17) is 10.3 Å². The molecule has 4 rings (SSSR count). The van der Waals surface area contributed by atoms with Crippen LogP contribution in [0.25, 0.3) is 21.5 Å². The number of nitrogens with one attached hydrogen (secondary N) is 1. The van der Waals surface area contributed by atoms with Gasteiger partial charge in [-0.1, -0.05) is 5.16 Å². The third-order valence-corrected chi connectivity index (χ3v) is 4.76. The molecule has 3 N–H and O–H groups in total. The normalized spacial score (nSPS) is 10.9. The minimum atomic E-state index is -0.334. The number of hydrogen-bond acceptors (Lipinski definition) is 7. The number of amides is 1. The molecule has 25 heavy (non-hydrogen) atoms. The molecule has 4 heterocycles. The van der Waals surface area contributed by atoms with Gasteiger partial charge in [0.25, 0.3) is 5.91 Å². The molecule has 1 amide bonds. The largest absolute Gasteiger partial charge is 0.397 e. The SMILES string of the molecule is Cc1cc(NC(=O)c2sc3nc(-c4ccncc4)ccc3c2N)no1. The maximum Gasteiger partial charge on any atom is 0.269 e. The summed E-state index contributed by atoms with van der Waals surface area (Å²) in [5.41, 5.74) is 8.30. The maximum atomic E-state index is 12.5. The van der Waals surface area contributed by atoms with Crippen LogP contribution in [0.2, 0.25) is 0 Å². The first-order chi connectivity index (χ1) is 12.1. The number of aryl methyl sites for hydroxylation is 1. The third-order valence-electron chi connectivity index (χ3n) is 3.65. The number of nitrogen functional groups attached to an aromatic ring is 1. The van der Waals surface area contributed by atoms with Gasteiger partial charge in [-0.15, -0.1) is 11.3 Å². The van der Waals surface area contributed by atoms with E-state index in [9.17, 15) is 4.79 Å². The topological polar surface area (TPSA) is 107 Å². The Kier molecular flexibility index (Phi) is 3.66. The first-order valence-electron chi connectivity index (χ1n) is 7.46. The lowest BCUT2D eigenvalue weighted by Gasteiger charge is -2.00. The summed E-state index contributed by atoms with van der Waals surface area (Å²) in [7, 11) is 0. The van der Waals surface area contributed by atoms with Gasteiger partial charge in [-0.3, -0.25) is 9.78 Å². The van der Waals surface area contributed by atoms with Crippen LogP contribution in [0.5, 0.6) is 0 Å². The fourth-order valence-electron chi connectivity index (χ4n) is 2.45. The molecule has 8 heteroatoms. The highest BCUT2D eigenvalue weighted by molar-refractivity contribution is 7.21. The van der Waals surface area contributed by atoms with Crippen LogP contribution in [0, 0.1) is 6.92 Å². The third kappa shape index (κ3) is 2.83. The van der Waals surface area contributed by atoms with Gasteiger partial charge in [-0.05, 0) is 31.2 Å². The predicted octanol–water partition coefficient (Wildman–Crippen LogP) is 3.49. The smallest absolute Gasteiger partial charge is 0.269 e. The van der Waals surface area contributed by atoms with Crippen LogP contribution in [0.4, 0.5) is 11.5 Å². The molecule has 0 saturated carbocycles. The molecular weight excluding hydrogens is 338 g/mol. The van der Waals surface area contributed by atoms with Crippen molar-refractivity contribution in [3.63, 3.8) is 0 Å². The molecule has 0 radical (unpaired) electrons. The zero-order valence-corrected chi connectivity index (χ0v) is 14.0. The molecule has 4 aromatic rings. The van der Waals surface area contributed by atoms with Crippen molar-refractivity contribution >= 4 is 39.0 Å². The molecule has 0 aromatic carbocycles. The highest BCUT2D eigenvalue weighted by Gasteiger charge is 2.19. The molecule has 0 saturated heterocycles. The fraction of sp³-hybridized carbons (Fsp3) is 0.0588. The van der Waals surface area contributed by atoms with Crippen LogP contribution in [0.15, 0.2) is 47.2 Å². The minimum absolute atomic E-state index is 0.334. The second kappa shape index (κ2) is 5.99. The molecule has 0 atom stereocenters. The van der Waals surface area contributed by atoms with Crippen LogP contribution in [0.1, 0.15) is 15.4 Å². The Bertz CT molecular complexity index is 1070. The molecule has 0 aliphatic carbocycles. The number of pyridine rings is 2. The zero-order chi connectivity index (χ0) is 17.4. The van der Waals surface area contributed by atoms with Crippen LogP contribution >= 0.6 is 11.3 Å². The monoisotopic (exact) mass is 351 g/mol. The van der Waals surface area contributed by atoms with E-state index in [0.29, 0.717) is 27.0 Å². The van der Waals surface area contributed by atoms with E-state index < -0.39 is 0 Å². The standard InChI is InChI=1S/C17H13N5O2S/c1-9-8-13(22-24-9)21-16(23)15-14(18)11-2-3-12(20-17(11)25-15)10-4-6-19-7-5-10/h2-8H,18H2,1H3,(H,21,22,23). The van der Waals surface area contributed by atoms with Gasteiger partial charge in [0, 0.05) is 29.4 Å². The van der Waals surface area contributed by atoms with Crippen LogP contribution in [-0.4, -0.2) is 21.0 Å². The quantitative estimate of drug-likeness (QED) is 0.585. The van der Waals surface area contributed by atoms with E-state index >= 15 is 0 Å². The number of carbonyl (C=O) groups excluding carboxylic acids is 1. The van der Waals surface area contributed by atoms with E-state index in [0.717, 1.165) is 16.6 Å². The molecule has 0 bridgehead atoms. The molecule has 0 fully saturated rings. The summed E-state index contributed by atoms with van der Waals surface area (Å²) in [6, 6.07) is 9.16. The van der Waals surface area contributed by atoms with E-state index in [2.05, 4.69) is 20.4 Å². The Hall–Kier alpha value is -3.26. The predicted molar refractivity (Wildman–Crippen MR) is 96.5 cm³/mol. The molecule has 7 nitrogen and oxygen atoms in total. The fourth-order valence-corrected chi connectivity index (χ4v) is 3.44. The van der Waals surface area contributed by atoms with E-state index in [1.807, 2.05) is 24.3 Å². The van der Waals surface area contributed by atoms with Gasteiger partial charge < -0.3 is 15.6 Å². The second-order valence-corrected chi connectivity index (χ2v) is 6.41. The minimum Gasteiger partial charge on any atom is -0.397 e. The Morgan fingerprint density at radius 3 is 2.76 bits per heavy atom. The van der Waals surface area contributed by atoms with E-state index in [-0.39, 0.29) is 5.91 Å². The number of hydrogen-bond donors (Lipinski definition) is 2. The summed E-state index contributed by atoms with van der Waals surface area (Å²) >= 11 is 1.24. The van der Waals surface area contributed by atoms with Crippen LogP contribution < -0.4 is 11.1 Å². The molecule has 0 spiro atoms. The van der Waals surface area contributed by atoms with Gasteiger partial charge in [0.05, 0.1) is 11.4 Å². The second-order valence-electron chi connectivity index (χ2n) is 5.41. The molecule has 4 aromatic heterocycles. The van der Waals surface area contributed by atoms with Gasteiger partial charge in [0.2, 0.25) is 0 Å². The lowest BCUT2D eigenvalue weighted by molar-refractivity contribution is 0.103. The van der Waals surface area contributed by atoms with Crippen molar-refractivity contribution in [3.05, 3.63) is 53.4 Å². The number of aromatic nitrogens is 3. The van der Waals surface area contributed by atoms with Crippen molar-refractivity contribution in [2.75, 3.05) is 11.1 Å². The van der Waals surface area contributed by atoms with Gasteiger partial charge in [0.15, 0.2) is 5.82 Å². The summed E-state index contributed by atoms with van der Waals surface area (Å²) in [5, 5.41) is 7.19. The highest BCUT2D eigenvalue weighted by atomic mass is 32.1. The van der Waals surface area contributed by atoms with Gasteiger partial charge in [-0.2, -0.15) is 0 Å². The number of rotatable bonds is 3. The van der Waals surface area contributed by atoms with E-state index in [1.165, 1.54) is 11.3 Å². The number of anilines is 2. The van der Waals surface area contributed by atoms with Crippen molar-refractivity contribution in [1.82, 2.24) is 15.1 Å². The Labute approximate surface area is 146 Å². The van der Waals surface area contributed by atoms with Crippen LogP contribution in [0.3, 0.4) is 0 Å². The Morgan fingerprint density at radius 2 is 2.04 bits per heavy atom. The first kappa shape index (κ1) is 15.3. The zero-order valence-electron chi connectivity index (χ0n) is 13.2. The number of nitrogens with zero attached hydrogens (tertiary/aromatic N) is 3. The molecule has 0 unspecified atom stereocenters. The van der Waals surface area contributed by atoms with Gasteiger partial charge in [-0.25, -0.2) is 4.98 Å². The molecule has 0 aliphatic heterocycles. The van der Waals surface area contributed by atoms with Gasteiger partial charge in [0.1, 0.15) is 15.5 Å². The highest BCUT2D eigenvalue weighted by Crippen LogP contribution is 2.34. The lowest BCUT2D eigenvalue weighted by atomic mass is 10.1. The maximum absolute atomic E-state index is 12.5. The van der Waals surface area contributed by atoms with E-state index in [1.54, 1.807) is 25.4 Å². The molecular formula is C17H13N5O2S. The molecule has 124 valence electrons. The summed E-state index contributed by atoms with van der Waals surface area (Å²) in [6.07, 6.45) is 3.42. The van der Waals surface area contributed by atoms with Crippen LogP contribution in [-0.2, 0) is 0 Å². The van der Waals surface area contributed by atoms with Crippen molar-refractivity contribution in [1.29, 1.82) is 0 Å². The summed E-state index contributed by atoms with van der Waals surface area (Å²) < 4.78 is 4.95. The van der Waals surface area contributed by atoms with Crippen molar-refractivity contribution in [2.45, 2.75) is 6.92 Å². The summed E-state index contributed by atoms with van der Waals surface area (Å²) in [5.74, 6) is 0.632. The average molecular weight is 351 g/mol. The summed E-state index contributed by atoms with van der Waals surface area (Å²) in [4.78, 5) is 22.2. The Morgan fingerprint density at radius 1 is 1.24 bits per heavy atom. The summed E-state index contributed by atoms with van der Waals surface area (Å²) in [6.45, 7) is 1.75. The number of fused-ring (bicyclic) bond motifs is 1. The Balaban J connectivity index is 1.70. The molecule has 0 aliphatic rings. The number of carbonyl (C=O) groups is 1. The lowest BCUT2D eigenvalue weighted by Crippen LogP contribution is -2.12. The first-order valence-corrected chi connectivity index (χ1v) is 8.27. The average Bonchev–Trinajstić information content (AvgIpc) is 3.18.